The van der Waals surface area contributed by atoms with Gasteiger partial charge in [-0.15, -0.1) is 5.10 Å². The molecule has 1 heterocycles. The van der Waals surface area contributed by atoms with Crippen molar-refractivity contribution in [2.45, 2.75) is 77.2 Å². The van der Waals surface area contributed by atoms with Crippen LogP contribution in [-0.4, -0.2) is 27.2 Å². The summed E-state index contributed by atoms with van der Waals surface area (Å²) in [5, 5.41) is 19.5. The molecule has 184 valence electrons. The van der Waals surface area contributed by atoms with Crippen molar-refractivity contribution in [2.24, 2.45) is 17.3 Å². The third-order valence-corrected chi connectivity index (χ3v) is 9.46. The molecule has 0 spiro atoms. The van der Waals surface area contributed by atoms with Gasteiger partial charge in [-0.05, 0) is 122 Å². The van der Waals surface area contributed by atoms with Gasteiger partial charge in [-0.25, -0.2) is 0 Å². The van der Waals surface area contributed by atoms with Crippen molar-refractivity contribution in [1.29, 1.82) is 0 Å². The number of fused-ring (bicyclic) bond motifs is 5. The molecule has 0 radical (unpaired) electrons. The van der Waals surface area contributed by atoms with Gasteiger partial charge in [0.1, 0.15) is 17.2 Å². The van der Waals surface area contributed by atoms with Gasteiger partial charge in [-0.1, -0.05) is 24.6 Å². The maximum atomic E-state index is 10.8. The molecule has 2 fully saturated rings. The molecule has 0 bridgehead atoms. The van der Waals surface area contributed by atoms with Crippen LogP contribution in [0.15, 0.2) is 42.6 Å². The smallest absolute Gasteiger partial charge is 0.119 e. The molecule has 0 amide bonds. The topological polar surface area (TPSA) is 60.2 Å². The van der Waals surface area contributed by atoms with E-state index in [1.54, 1.807) is 12.7 Å². The van der Waals surface area contributed by atoms with Crippen molar-refractivity contribution < 1.29 is 9.84 Å². The number of nitrogens with zero attached hydrogens (tertiary/aromatic N) is 3. The number of aryl methyl sites for hydroxylation is 3. The molecule has 0 unspecified atom stereocenters. The molecule has 2 aromatic carbocycles. The molecule has 2 saturated carbocycles. The predicted octanol–water partition coefficient (Wildman–Crippen LogP) is 6.54. The minimum absolute atomic E-state index is 0.473. The first-order valence-corrected chi connectivity index (χ1v) is 13.4. The van der Waals surface area contributed by atoms with E-state index in [-0.39, 0.29) is 0 Å². The summed E-state index contributed by atoms with van der Waals surface area (Å²) in [7, 11) is 1.67. The highest BCUT2D eigenvalue weighted by Crippen LogP contribution is 2.61. The third-order valence-electron chi connectivity index (χ3n) is 9.46. The van der Waals surface area contributed by atoms with Crippen molar-refractivity contribution in [2.75, 3.05) is 7.11 Å². The van der Waals surface area contributed by atoms with Crippen LogP contribution in [0.4, 0.5) is 0 Å². The van der Waals surface area contributed by atoms with Crippen molar-refractivity contribution in [1.82, 2.24) is 15.0 Å². The number of hydrogen-bond donors (Lipinski definition) is 1. The zero-order valence-electron chi connectivity index (χ0n) is 21.0. The number of benzene rings is 2. The van der Waals surface area contributed by atoms with Crippen molar-refractivity contribution >= 4 is 0 Å². The van der Waals surface area contributed by atoms with Crippen LogP contribution in [0, 0.1) is 17.3 Å². The van der Waals surface area contributed by atoms with E-state index in [0.29, 0.717) is 17.1 Å². The zero-order valence-corrected chi connectivity index (χ0v) is 21.0. The summed E-state index contributed by atoms with van der Waals surface area (Å²) >= 11 is 0. The van der Waals surface area contributed by atoms with Crippen LogP contribution in [0.5, 0.6) is 11.5 Å². The standard InChI is InChI=1S/C30H37N3O2/c1-30-14-3-6-27(30)25-12-9-21-18-29(34)22(17-26(21)24(25)13-15-30)5-4-16-33-19-28(31-32-33)20-7-10-23(35-2)11-8-20/h7-8,10-11,17-19,24-25,27,34H,3-6,9,12-16H2,1-2H3/t24-,25+,27-,30-/m0/s1. The highest BCUT2D eigenvalue weighted by molar-refractivity contribution is 5.58. The second-order valence-corrected chi connectivity index (χ2v) is 11.4. The van der Waals surface area contributed by atoms with Gasteiger partial charge in [-0.2, -0.15) is 0 Å². The number of phenols is 1. The lowest BCUT2D eigenvalue weighted by molar-refractivity contribution is 0.0598. The molecule has 0 aliphatic heterocycles. The van der Waals surface area contributed by atoms with Crippen LogP contribution in [0.25, 0.3) is 11.3 Å². The highest BCUT2D eigenvalue weighted by atomic mass is 16.5. The summed E-state index contributed by atoms with van der Waals surface area (Å²) in [6.07, 6.45) is 13.2. The third kappa shape index (κ3) is 4.13. The Hall–Kier alpha value is -2.82. The number of phenolic OH excluding ortho intramolecular Hbond substituents is 1. The molecule has 1 N–H and O–H groups in total. The van der Waals surface area contributed by atoms with Crippen LogP contribution in [-0.2, 0) is 19.4 Å². The number of aromatic hydroxyl groups is 1. The SMILES string of the molecule is COc1ccc(-c2cn(CCCc3cc4c(cc3O)CC[C@@H]3[C@@H]4CC[C@]4(C)CCC[C@@H]34)nn2)cc1. The lowest BCUT2D eigenvalue weighted by Gasteiger charge is -2.49. The van der Waals surface area contributed by atoms with Gasteiger partial charge >= 0.3 is 0 Å². The molecule has 35 heavy (non-hydrogen) atoms. The first-order chi connectivity index (χ1) is 17.0. The molecule has 3 aliphatic carbocycles. The molecule has 3 aliphatic rings. The number of hydrogen-bond acceptors (Lipinski definition) is 4. The Morgan fingerprint density at radius 3 is 2.80 bits per heavy atom. The van der Waals surface area contributed by atoms with Crippen molar-refractivity contribution in [3.63, 3.8) is 0 Å². The summed E-state index contributed by atoms with van der Waals surface area (Å²) in [5.74, 6) is 3.74. The minimum Gasteiger partial charge on any atom is -0.508 e. The van der Waals surface area contributed by atoms with E-state index in [4.69, 9.17) is 4.74 Å². The van der Waals surface area contributed by atoms with Crippen LogP contribution in [0.1, 0.15) is 74.5 Å². The zero-order chi connectivity index (χ0) is 24.0. The minimum atomic E-state index is 0.473. The lowest BCUT2D eigenvalue weighted by atomic mass is 9.56. The van der Waals surface area contributed by atoms with Crippen LogP contribution in [0.3, 0.4) is 0 Å². The average Bonchev–Trinajstić information content (AvgIpc) is 3.51. The monoisotopic (exact) mass is 471 g/mol. The Labute approximate surface area is 208 Å². The Kier molecular flexibility index (Phi) is 5.82. The van der Waals surface area contributed by atoms with E-state index in [0.717, 1.165) is 60.2 Å². The van der Waals surface area contributed by atoms with Gasteiger partial charge in [0.25, 0.3) is 0 Å². The summed E-state index contributed by atoms with van der Waals surface area (Å²) in [4.78, 5) is 0. The van der Waals surface area contributed by atoms with E-state index in [2.05, 4.69) is 29.4 Å². The number of rotatable bonds is 6. The number of ether oxygens (including phenoxy) is 1. The maximum Gasteiger partial charge on any atom is 0.119 e. The van der Waals surface area contributed by atoms with Crippen LogP contribution >= 0.6 is 0 Å². The molecule has 5 heteroatoms. The number of aromatic nitrogens is 3. The normalized spacial score (nSPS) is 27.2. The highest BCUT2D eigenvalue weighted by Gasteiger charge is 2.50. The Balaban J connectivity index is 1.13. The summed E-state index contributed by atoms with van der Waals surface area (Å²) in [6, 6.07) is 12.3. The van der Waals surface area contributed by atoms with Crippen LogP contribution in [0.2, 0.25) is 0 Å². The fourth-order valence-electron chi connectivity index (χ4n) is 7.58. The van der Waals surface area contributed by atoms with E-state index in [1.165, 1.54) is 44.1 Å². The predicted molar refractivity (Wildman–Crippen MR) is 138 cm³/mol. The van der Waals surface area contributed by atoms with E-state index in [1.807, 2.05) is 35.1 Å². The second-order valence-electron chi connectivity index (χ2n) is 11.4. The molecule has 0 saturated heterocycles. The molecule has 5 nitrogen and oxygen atoms in total. The fraction of sp³-hybridized carbons (Fsp3) is 0.533. The largest absolute Gasteiger partial charge is 0.508 e. The van der Waals surface area contributed by atoms with Crippen LogP contribution < -0.4 is 4.74 Å². The Morgan fingerprint density at radius 1 is 1.11 bits per heavy atom. The first kappa shape index (κ1) is 22.6. The molecule has 1 aromatic heterocycles. The molecular formula is C30H37N3O2. The fourth-order valence-corrected chi connectivity index (χ4v) is 7.58. The first-order valence-electron chi connectivity index (χ1n) is 13.4. The van der Waals surface area contributed by atoms with Crippen molar-refractivity contribution in [3.8, 4) is 22.8 Å². The molecule has 6 rings (SSSR count). The van der Waals surface area contributed by atoms with Gasteiger partial charge in [0, 0.05) is 12.1 Å². The quantitative estimate of drug-likeness (QED) is 0.443. The molecule has 3 aromatic rings. The van der Waals surface area contributed by atoms with Gasteiger partial charge < -0.3 is 9.84 Å². The summed E-state index contributed by atoms with van der Waals surface area (Å²) < 4.78 is 7.15. The maximum absolute atomic E-state index is 10.8. The van der Waals surface area contributed by atoms with Gasteiger partial charge in [0.05, 0.1) is 13.3 Å². The lowest BCUT2D eigenvalue weighted by Crippen LogP contribution is -2.39. The average molecular weight is 472 g/mol. The van der Waals surface area contributed by atoms with E-state index in [9.17, 15) is 5.11 Å². The van der Waals surface area contributed by atoms with Gasteiger partial charge in [0.2, 0.25) is 0 Å². The van der Waals surface area contributed by atoms with Crippen molar-refractivity contribution in [3.05, 3.63) is 59.3 Å². The van der Waals surface area contributed by atoms with Gasteiger partial charge in [0.15, 0.2) is 0 Å². The van der Waals surface area contributed by atoms with E-state index < -0.39 is 0 Å². The van der Waals surface area contributed by atoms with E-state index >= 15 is 0 Å². The Morgan fingerprint density at radius 2 is 1.97 bits per heavy atom. The molecule has 4 atom stereocenters. The molecular weight excluding hydrogens is 434 g/mol. The second kappa shape index (κ2) is 9.00. The Bertz CT molecular complexity index is 1200. The summed E-state index contributed by atoms with van der Waals surface area (Å²) in [6.45, 7) is 3.34. The summed E-state index contributed by atoms with van der Waals surface area (Å²) in [5.41, 5.74) is 6.52. The number of methoxy groups -OCH3 is 1. The van der Waals surface area contributed by atoms with Gasteiger partial charge in [-0.3, -0.25) is 4.68 Å².